The van der Waals surface area contributed by atoms with Crippen LogP contribution in [0, 0.1) is 22.7 Å². The minimum atomic E-state index is -0.570. The van der Waals surface area contributed by atoms with E-state index in [1.54, 1.807) is 0 Å². The second-order valence-electron chi connectivity index (χ2n) is 9.10. The predicted octanol–water partition coefficient (Wildman–Crippen LogP) is 5.26. The molecule has 0 spiro atoms. The Morgan fingerprint density at radius 3 is 2.42 bits per heavy atom. The first-order valence-corrected chi connectivity index (χ1v) is 9.57. The molecule has 0 heterocycles. The molecule has 3 atom stereocenters. The molecule has 2 saturated carbocycles. The lowest BCUT2D eigenvalue weighted by Gasteiger charge is -2.56. The van der Waals surface area contributed by atoms with E-state index >= 15 is 0 Å². The molecule has 1 unspecified atom stereocenters. The van der Waals surface area contributed by atoms with Gasteiger partial charge in [-0.15, -0.1) is 0 Å². The third-order valence-electron chi connectivity index (χ3n) is 7.06. The summed E-state index contributed by atoms with van der Waals surface area (Å²) in [6, 6.07) is 1.35. The second kappa shape index (κ2) is 6.33. The Balaban J connectivity index is 2.15. The van der Waals surface area contributed by atoms with Crippen LogP contribution < -0.4 is 0 Å². The average molecular weight is 358 g/mol. The van der Waals surface area contributed by atoms with Crippen molar-refractivity contribution >= 4 is 12.4 Å². The largest absolute Gasteiger partial charge is 0.506 e. The lowest BCUT2D eigenvalue weighted by Crippen LogP contribution is -2.47. The number of phenolic OH excluding ortho intramolecular Hbond substituents is 3. The molecule has 1 aromatic rings. The molecule has 3 N–H and O–H groups in total. The van der Waals surface area contributed by atoms with Crippen molar-refractivity contribution in [2.45, 2.75) is 59.8 Å². The summed E-state index contributed by atoms with van der Waals surface area (Å²) < 4.78 is 0. The van der Waals surface area contributed by atoms with Crippen molar-refractivity contribution < 1.29 is 20.1 Å². The smallest absolute Gasteiger partial charge is 0.171 e. The zero-order valence-electron chi connectivity index (χ0n) is 16.2. The van der Waals surface area contributed by atoms with Crippen LogP contribution in [0.1, 0.15) is 75.7 Å². The molecule has 0 saturated heterocycles. The van der Waals surface area contributed by atoms with Crippen LogP contribution in [0.15, 0.2) is 11.6 Å². The van der Waals surface area contributed by atoms with E-state index < -0.39 is 5.75 Å². The van der Waals surface area contributed by atoms with E-state index in [-0.39, 0.29) is 27.9 Å². The lowest BCUT2D eigenvalue weighted by atomic mass is 9.48. The van der Waals surface area contributed by atoms with Crippen LogP contribution in [-0.2, 0) is 0 Å². The second-order valence-corrected chi connectivity index (χ2v) is 9.10. The molecular formula is C22H30O4. The number of carbonyl (C=O) groups excluding carboxylic acids is 1. The standard InChI is InChI=1S/C22H30O4/c1-13-6-7-18-21(2,3)8-5-9-22(18,4)16(13)10-14-11-17(24)20(26)15(12-23)19(14)25/h10-13,18,24-26H,5-9H2,1-4H3/b16-10+/t13-,18+,22?/m1/s1. The Bertz CT molecular complexity index is 762. The Hall–Kier alpha value is -1.97. The fourth-order valence-corrected chi connectivity index (χ4v) is 5.70. The average Bonchev–Trinajstić information content (AvgIpc) is 2.55. The van der Waals surface area contributed by atoms with Gasteiger partial charge < -0.3 is 15.3 Å². The number of rotatable bonds is 2. The van der Waals surface area contributed by atoms with Gasteiger partial charge in [-0.2, -0.15) is 0 Å². The van der Waals surface area contributed by atoms with Crippen molar-refractivity contribution in [1.29, 1.82) is 0 Å². The summed E-state index contributed by atoms with van der Waals surface area (Å²) in [5, 5.41) is 30.2. The van der Waals surface area contributed by atoms with Gasteiger partial charge in [-0.05, 0) is 54.4 Å². The Morgan fingerprint density at radius 1 is 1.08 bits per heavy atom. The van der Waals surface area contributed by atoms with Crippen LogP contribution in [0.4, 0.5) is 0 Å². The van der Waals surface area contributed by atoms with Crippen molar-refractivity contribution in [1.82, 2.24) is 0 Å². The van der Waals surface area contributed by atoms with Crippen molar-refractivity contribution in [2.24, 2.45) is 22.7 Å². The summed E-state index contributed by atoms with van der Waals surface area (Å²) >= 11 is 0. The molecule has 4 nitrogen and oxygen atoms in total. The highest BCUT2D eigenvalue weighted by molar-refractivity contribution is 5.88. The SMILES string of the molecule is C[C@@H]1CC[C@H]2C(C)(C)CCCC2(C)/C1=C/c1cc(O)c(O)c(C=O)c1O. The predicted molar refractivity (Wildman–Crippen MR) is 102 cm³/mol. The molecule has 142 valence electrons. The topological polar surface area (TPSA) is 77.8 Å². The molecule has 2 fully saturated rings. The number of carbonyl (C=O) groups is 1. The third kappa shape index (κ3) is 2.80. The molecule has 0 bridgehead atoms. The van der Waals surface area contributed by atoms with E-state index in [9.17, 15) is 20.1 Å². The minimum absolute atomic E-state index is 0.0424. The van der Waals surface area contributed by atoms with Gasteiger partial charge in [0.2, 0.25) is 0 Å². The van der Waals surface area contributed by atoms with Gasteiger partial charge in [0.15, 0.2) is 17.8 Å². The maximum absolute atomic E-state index is 11.2. The molecular weight excluding hydrogens is 328 g/mol. The highest BCUT2D eigenvalue weighted by Crippen LogP contribution is 2.61. The van der Waals surface area contributed by atoms with Crippen LogP contribution in [0.2, 0.25) is 0 Å². The highest BCUT2D eigenvalue weighted by atomic mass is 16.3. The van der Waals surface area contributed by atoms with Gasteiger partial charge >= 0.3 is 0 Å². The summed E-state index contributed by atoms with van der Waals surface area (Å²) in [4.78, 5) is 11.2. The van der Waals surface area contributed by atoms with Gasteiger partial charge in [-0.3, -0.25) is 4.79 Å². The first-order valence-electron chi connectivity index (χ1n) is 9.57. The van der Waals surface area contributed by atoms with E-state index in [0.717, 1.165) is 12.8 Å². The van der Waals surface area contributed by atoms with Crippen LogP contribution >= 0.6 is 0 Å². The molecule has 1 aromatic carbocycles. The zero-order valence-corrected chi connectivity index (χ0v) is 16.2. The van der Waals surface area contributed by atoms with Gasteiger partial charge in [0.05, 0.1) is 0 Å². The van der Waals surface area contributed by atoms with Crippen molar-refractivity contribution in [2.75, 3.05) is 0 Å². The number of allylic oxidation sites excluding steroid dienone is 1. The van der Waals surface area contributed by atoms with E-state index in [0.29, 0.717) is 23.7 Å². The maximum Gasteiger partial charge on any atom is 0.171 e. The number of aldehydes is 1. The number of benzene rings is 1. The molecule has 0 aliphatic heterocycles. The highest BCUT2D eigenvalue weighted by Gasteiger charge is 2.51. The van der Waals surface area contributed by atoms with Gasteiger partial charge in [-0.1, -0.05) is 45.8 Å². The molecule has 2 aliphatic rings. The van der Waals surface area contributed by atoms with E-state index in [2.05, 4.69) is 27.7 Å². The Labute approximate surface area is 155 Å². The number of hydrogen-bond acceptors (Lipinski definition) is 4. The van der Waals surface area contributed by atoms with Gasteiger partial charge in [0, 0.05) is 5.56 Å². The van der Waals surface area contributed by atoms with Crippen LogP contribution in [0.25, 0.3) is 6.08 Å². The van der Waals surface area contributed by atoms with Crippen molar-refractivity contribution in [3.8, 4) is 17.2 Å². The molecule has 0 aromatic heterocycles. The summed E-state index contributed by atoms with van der Waals surface area (Å²) in [5.74, 6) is -0.273. The summed E-state index contributed by atoms with van der Waals surface area (Å²) in [5.41, 5.74) is 1.74. The van der Waals surface area contributed by atoms with Crippen LogP contribution in [0.3, 0.4) is 0 Å². The summed E-state index contributed by atoms with van der Waals surface area (Å²) in [6.07, 6.45) is 8.15. The first kappa shape index (κ1) is 18.8. The maximum atomic E-state index is 11.2. The number of hydrogen-bond donors (Lipinski definition) is 3. The fraction of sp³-hybridized carbons (Fsp3) is 0.591. The van der Waals surface area contributed by atoms with Gasteiger partial charge in [0.25, 0.3) is 0 Å². The number of phenols is 3. The number of aromatic hydroxyl groups is 3. The molecule has 3 rings (SSSR count). The summed E-state index contributed by atoms with van der Waals surface area (Å²) in [7, 11) is 0. The van der Waals surface area contributed by atoms with Crippen molar-refractivity contribution in [3.05, 3.63) is 22.8 Å². The lowest BCUT2D eigenvalue weighted by molar-refractivity contribution is -0.00534. The fourth-order valence-electron chi connectivity index (χ4n) is 5.70. The van der Waals surface area contributed by atoms with E-state index in [1.165, 1.54) is 30.9 Å². The van der Waals surface area contributed by atoms with E-state index in [1.807, 2.05) is 6.08 Å². The molecule has 26 heavy (non-hydrogen) atoms. The van der Waals surface area contributed by atoms with Crippen molar-refractivity contribution in [3.63, 3.8) is 0 Å². The van der Waals surface area contributed by atoms with Gasteiger partial charge in [0.1, 0.15) is 11.3 Å². The molecule has 2 aliphatic carbocycles. The zero-order chi connectivity index (χ0) is 19.3. The van der Waals surface area contributed by atoms with Crippen LogP contribution in [-0.4, -0.2) is 21.6 Å². The molecule has 4 heteroatoms. The van der Waals surface area contributed by atoms with Crippen LogP contribution in [0.5, 0.6) is 17.2 Å². The normalized spacial score (nSPS) is 32.2. The minimum Gasteiger partial charge on any atom is -0.506 e. The number of fused-ring (bicyclic) bond motifs is 1. The van der Waals surface area contributed by atoms with E-state index in [4.69, 9.17) is 0 Å². The molecule has 0 radical (unpaired) electrons. The third-order valence-corrected chi connectivity index (χ3v) is 7.06. The quantitative estimate of drug-likeness (QED) is 0.383. The molecule has 0 amide bonds. The monoisotopic (exact) mass is 358 g/mol. The summed E-state index contributed by atoms with van der Waals surface area (Å²) in [6.45, 7) is 9.26. The first-order chi connectivity index (χ1) is 12.1. The Kier molecular flexibility index (Phi) is 4.58. The van der Waals surface area contributed by atoms with Gasteiger partial charge in [-0.25, -0.2) is 0 Å². The Morgan fingerprint density at radius 2 is 1.77 bits per heavy atom.